The van der Waals surface area contributed by atoms with Gasteiger partial charge in [0.25, 0.3) is 0 Å². The van der Waals surface area contributed by atoms with Gasteiger partial charge in [0.15, 0.2) is 0 Å². The summed E-state index contributed by atoms with van der Waals surface area (Å²) < 4.78 is 0. The highest BCUT2D eigenvalue weighted by Gasteiger charge is 2.05. The van der Waals surface area contributed by atoms with Gasteiger partial charge in [-0.2, -0.15) is 5.26 Å². The molecular formula is C9H13N3S. The molecule has 3 nitrogen and oxygen atoms in total. The van der Waals surface area contributed by atoms with Crippen molar-refractivity contribution in [2.45, 2.75) is 32.2 Å². The van der Waals surface area contributed by atoms with Crippen molar-refractivity contribution in [2.24, 2.45) is 5.73 Å². The normalized spacial score (nSPS) is 12.4. The van der Waals surface area contributed by atoms with Crippen LogP contribution in [-0.2, 0) is 12.8 Å². The fraction of sp³-hybridized carbons (Fsp3) is 0.556. The lowest BCUT2D eigenvalue weighted by atomic mass is 10.1. The molecule has 0 saturated heterocycles. The van der Waals surface area contributed by atoms with E-state index in [0.717, 1.165) is 23.5 Å². The van der Waals surface area contributed by atoms with Crippen molar-refractivity contribution in [1.82, 2.24) is 4.98 Å². The first-order valence-corrected chi connectivity index (χ1v) is 5.20. The molecule has 0 fully saturated rings. The van der Waals surface area contributed by atoms with E-state index < -0.39 is 0 Å². The molecule has 4 heteroatoms. The number of nitrogens with two attached hydrogens (primary N) is 1. The summed E-state index contributed by atoms with van der Waals surface area (Å²) in [5, 5.41) is 11.3. The molecule has 0 aromatic carbocycles. The Balaban J connectivity index is 2.54. The van der Waals surface area contributed by atoms with Gasteiger partial charge in [0, 0.05) is 17.8 Å². The Kier molecular flexibility index (Phi) is 3.87. The molecule has 1 rings (SSSR count). The van der Waals surface area contributed by atoms with E-state index in [1.54, 1.807) is 0 Å². The van der Waals surface area contributed by atoms with Crippen molar-refractivity contribution >= 4 is 11.3 Å². The highest BCUT2D eigenvalue weighted by molar-refractivity contribution is 7.09. The van der Waals surface area contributed by atoms with E-state index in [0.29, 0.717) is 6.42 Å². The summed E-state index contributed by atoms with van der Waals surface area (Å²) in [5.74, 6) is 0. The minimum Gasteiger partial charge on any atom is -0.327 e. The van der Waals surface area contributed by atoms with Gasteiger partial charge in [-0.25, -0.2) is 4.98 Å². The van der Waals surface area contributed by atoms with E-state index >= 15 is 0 Å². The van der Waals surface area contributed by atoms with Crippen molar-refractivity contribution in [3.63, 3.8) is 0 Å². The topological polar surface area (TPSA) is 62.7 Å². The molecule has 13 heavy (non-hydrogen) atoms. The lowest BCUT2D eigenvalue weighted by Crippen LogP contribution is -2.21. The van der Waals surface area contributed by atoms with Crippen molar-refractivity contribution in [2.75, 3.05) is 0 Å². The predicted molar refractivity (Wildman–Crippen MR) is 53.4 cm³/mol. The third kappa shape index (κ3) is 3.13. The largest absolute Gasteiger partial charge is 0.327 e. The molecule has 0 saturated carbocycles. The Morgan fingerprint density at radius 1 is 1.77 bits per heavy atom. The summed E-state index contributed by atoms with van der Waals surface area (Å²) in [6, 6.07) is 2.27. The summed E-state index contributed by atoms with van der Waals surface area (Å²) in [5.41, 5.74) is 6.81. The van der Waals surface area contributed by atoms with Gasteiger partial charge in [-0.05, 0) is 6.42 Å². The molecule has 1 unspecified atom stereocenters. The van der Waals surface area contributed by atoms with Crippen molar-refractivity contribution in [3.05, 3.63) is 16.1 Å². The van der Waals surface area contributed by atoms with Gasteiger partial charge in [-0.1, -0.05) is 6.92 Å². The van der Waals surface area contributed by atoms with Crippen LogP contribution in [0.15, 0.2) is 5.38 Å². The molecule has 1 aromatic rings. The van der Waals surface area contributed by atoms with Gasteiger partial charge in [0.1, 0.15) is 5.01 Å². The number of hydrogen-bond donors (Lipinski definition) is 1. The highest BCUT2D eigenvalue weighted by Crippen LogP contribution is 2.11. The minimum atomic E-state index is 0.192. The first kappa shape index (κ1) is 10.2. The second kappa shape index (κ2) is 4.95. The quantitative estimate of drug-likeness (QED) is 0.791. The third-order valence-electron chi connectivity index (χ3n) is 1.83. The molecule has 0 bridgehead atoms. The van der Waals surface area contributed by atoms with Crippen LogP contribution in [0.3, 0.4) is 0 Å². The maximum absolute atomic E-state index is 8.45. The van der Waals surface area contributed by atoms with Crippen LogP contribution in [0.1, 0.15) is 24.0 Å². The van der Waals surface area contributed by atoms with Crippen LogP contribution in [0.4, 0.5) is 0 Å². The number of rotatable bonds is 4. The Labute approximate surface area is 82.2 Å². The summed E-state index contributed by atoms with van der Waals surface area (Å²) in [6.45, 7) is 2.06. The van der Waals surface area contributed by atoms with Crippen LogP contribution >= 0.6 is 11.3 Å². The second-order valence-electron chi connectivity index (χ2n) is 2.94. The zero-order valence-corrected chi connectivity index (χ0v) is 8.47. The van der Waals surface area contributed by atoms with E-state index in [9.17, 15) is 0 Å². The molecule has 0 spiro atoms. The first-order valence-electron chi connectivity index (χ1n) is 4.32. The molecule has 1 heterocycles. The van der Waals surface area contributed by atoms with Crippen LogP contribution in [0.5, 0.6) is 0 Å². The van der Waals surface area contributed by atoms with Crippen LogP contribution in [-0.4, -0.2) is 11.0 Å². The number of thiazole rings is 1. The first-order chi connectivity index (χ1) is 6.26. The maximum Gasteiger partial charge on any atom is 0.107 e. The third-order valence-corrected chi connectivity index (χ3v) is 2.72. The Morgan fingerprint density at radius 3 is 3.15 bits per heavy atom. The van der Waals surface area contributed by atoms with E-state index in [4.69, 9.17) is 11.0 Å². The number of aromatic nitrogens is 1. The standard InChI is InChI=1S/C9H13N3S/c1-2-7(11)5-8-6-13-9(12-8)3-4-10/h6-7H,2-3,5,11H2,1H3. The molecule has 0 aliphatic carbocycles. The van der Waals surface area contributed by atoms with E-state index in [1.807, 2.05) is 5.38 Å². The number of nitriles is 1. The molecule has 2 N–H and O–H groups in total. The SMILES string of the molecule is CCC(N)Cc1csc(CC#N)n1. The predicted octanol–water partition coefficient (Wildman–Crippen LogP) is 1.49. The average Bonchev–Trinajstić information content (AvgIpc) is 2.53. The smallest absolute Gasteiger partial charge is 0.107 e. The highest BCUT2D eigenvalue weighted by atomic mass is 32.1. The zero-order valence-electron chi connectivity index (χ0n) is 7.66. The minimum absolute atomic E-state index is 0.192. The van der Waals surface area contributed by atoms with Crippen LogP contribution < -0.4 is 5.73 Å². The van der Waals surface area contributed by atoms with Gasteiger partial charge in [0.05, 0.1) is 18.2 Å². The molecule has 0 amide bonds. The van der Waals surface area contributed by atoms with Crippen LogP contribution in [0.25, 0.3) is 0 Å². The Morgan fingerprint density at radius 2 is 2.54 bits per heavy atom. The molecule has 0 radical (unpaired) electrons. The molecule has 1 aromatic heterocycles. The van der Waals surface area contributed by atoms with Crippen molar-refractivity contribution in [3.8, 4) is 6.07 Å². The van der Waals surface area contributed by atoms with Crippen molar-refractivity contribution in [1.29, 1.82) is 5.26 Å². The van der Waals surface area contributed by atoms with Crippen LogP contribution in [0.2, 0.25) is 0 Å². The van der Waals surface area contributed by atoms with E-state index in [2.05, 4.69) is 18.0 Å². The Bertz CT molecular complexity index is 300. The number of hydrogen-bond acceptors (Lipinski definition) is 4. The summed E-state index contributed by atoms with van der Waals surface area (Å²) >= 11 is 1.54. The fourth-order valence-electron chi connectivity index (χ4n) is 1.00. The molecule has 0 aliphatic heterocycles. The molecular weight excluding hydrogens is 182 g/mol. The van der Waals surface area contributed by atoms with Gasteiger partial charge >= 0.3 is 0 Å². The lowest BCUT2D eigenvalue weighted by molar-refractivity contribution is 0.638. The van der Waals surface area contributed by atoms with E-state index in [1.165, 1.54) is 11.3 Å². The molecule has 70 valence electrons. The summed E-state index contributed by atoms with van der Waals surface area (Å²) in [4.78, 5) is 4.30. The molecule has 0 aliphatic rings. The zero-order chi connectivity index (χ0) is 9.68. The fourth-order valence-corrected chi connectivity index (χ4v) is 1.74. The second-order valence-corrected chi connectivity index (χ2v) is 3.88. The van der Waals surface area contributed by atoms with Gasteiger partial charge < -0.3 is 5.73 Å². The van der Waals surface area contributed by atoms with Gasteiger partial charge in [-0.15, -0.1) is 11.3 Å². The maximum atomic E-state index is 8.45. The lowest BCUT2D eigenvalue weighted by Gasteiger charge is -2.04. The van der Waals surface area contributed by atoms with E-state index in [-0.39, 0.29) is 6.04 Å². The van der Waals surface area contributed by atoms with Gasteiger partial charge in [0.2, 0.25) is 0 Å². The Hall–Kier alpha value is -0.920. The van der Waals surface area contributed by atoms with Crippen molar-refractivity contribution < 1.29 is 0 Å². The monoisotopic (exact) mass is 195 g/mol. The summed E-state index contributed by atoms with van der Waals surface area (Å²) in [7, 11) is 0. The average molecular weight is 195 g/mol. The number of nitrogens with zero attached hydrogens (tertiary/aromatic N) is 2. The summed E-state index contributed by atoms with van der Waals surface area (Å²) in [6.07, 6.45) is 2.19. The van der Waals surface area contributed by atoms with Gasteiger partial charge in [-0.3, -0.25) is 0 Å². The molecule has 1 atom stereocenters. The van der Waals surface area contributed by atoms with Crippen LogP contribution in [0, 0.1) is 11.3 Å².